The minimum Gasteiger partial charge on any atom is -0.481 e. The van der Waals surface area contributed by atoms with Gasteiger partial charge in [0.1, 0.15) is 5.78 Å². The molecule has 1 fully saturated rings. The lowest BCUT2D eigenvalue weighted by molar-refractivity contribution is -0.146. The van der Waals surface area contributed by atoms with E-state index in [1.165, 1.54) is 20.8 Å². The number of carboxylic acid groups (broad SMARTS) is 1. The normalized spacial score (nSPS) is 25.3. The summed E-state index contributed by atoms with van der Waals surface area (Å²) in [5, 5.41) is 9.51. The van der Waals surface area contributed by atoms with Gasteiger partial charge in [0.2, 0.25) is 0 Å². The first-order chi connectivity index (χ1) is 10.4. The Labute approximate surface area is 130 Å². The zero-order chi connectivity index (χ0) is 17.9. The van der Waals surface area contributed by atoms with Crippen LogP contribution in [-0.4, -0.2) is 16.9 Å². The highest BCUT2D eigenvalue weighted by Gasteiger charge is 2.77. The standard InChI is InChI=1S/C16H16F4O3/c1-6-9(17)11(19)8(12(20)10(6)18)5-16(14(22)23)13(7(2)21)15(16,3)4/h13H,5H2,1-4H3,(H,22,23). The van der Waals surface area contributed by atoms with E-state index in [1.54, 1.807) is 0 Å². The summed E-state index contributed by atoms with van der Waals surface area (Å²) in [5.41, 5.74) is -4.67. The third-order valence-electron chi connectivity index (χ3n) is 5.10. The Morgan fingerprint density at radius 3 is 1.78 bits per heavy atom. The van der Waals surface area contributed by atoms with E-state index >= 15 is 0 Å². The largest absolute Gasteiger partial charge is 0.481 e. The first-order valence-corrected chi connectivity index (χ1v) is 6.96. The molecule has 7 heteroatoms. The van der Waals surface area contributed by atoms with Crippen molar-refractivity contribution in [2.75, 3.05) is 0 Å². The smallest absolute Gasteiger partial charge is 0.311 e. The first-order valence-electron chi connectivity index (χ1n) is 6.96. The number of carbonyl (C=O) groups is 2. The molecule has 2 atom stereocenters. The highest BCUT2D eigenvalue weighted by Crippen LogP contribution is 2.70. The zero-order valence-electron chi connectivity index (χ0n) is 13.1. The van der Waals surface area contributed by atoms with Crippen molar-refractivity contribution in [1.82, 2.24) is 0 Å². The van der Waals surface area contributed by atoms with Gasteiger partial charge in [-0.25, -0.2) is 17.6 Å². The van der Waals surface area contributed by atoms with Gasteiger partial charge in [0.05, 0.1) is 5.41 Å². The Bertz CT molecular complexity index is 698. The molecule has 0 radical (unpaired) electrons. The van der Waals surface area contributed by atoms with E-state index in [0.29, 0.717) is 0 Å². The van der Waals surface area contributed by atoms with Crippen molar-refractivity contribution >= 4 is 11.8 Å². The Balaban J connectivity index is 2.63. The number of Topliss-reactive ketones (excluding diaryl/α,β-unsaturated/α-hetero) is 1. The van der Waals surface area contributed by atoms with Crippen molar-refractivity contribution in [3.63, 3.8) is 0 Å². The van der Waals surface area contributed by atoms with Gasteiger partial charge in [-0.3, -0.25) is 9.59 Å². The van der Waals surface area contributed by atoms with Crippen molar-refractivity contribution in [1.29, 1.82) is 0 Å². The topological polar surface area (TPSA) is 54.4 Å². The van der Waals surface area contributed by atoms with E-state index in [1.807, 2.05) is 0 Å². The van der Waals surface area contributed by atoms with Crippen LogP contribution in [0.1, 0.15) is 31.9 Å². The van der Waals surface area contributed by atoms with Gasteiger partial charge in [-0.15, -0.1) is 0 Å². The van der Waals surface area contributed by atoms with E-state index in [2.05, 4.69) is 0 Å². The fourth-order valence-corrected chi connectivity index (χ4v) is 3.73. The number of ketones is 1. The van der Waals surface area contributed by atoms with E-state index in [0.717, 1.165) is 6.92 Å². The molecule has 1 N–H and O–H groups in total. The van der Waals surface area contributed by atoms with Crippen LogP contribution in [0.2, 0.25) is 0 Å². The molecule has 0 bridgehead atoms. The molecule has 1 aromatic rings. The summed E-state index contributed by atoms with van der Waals surface area (Å²) in [6, 6.07) is 0. The van der Waals surface area contributed by atoms with Gasteiger partial charge >= 0.3 is 5.97 Å². The first kappa shape index (κ1) is 17.4. The molecule has 1 aromatic carbocycles. The summed E-state index contributed by atoms with van der Waals surface area (Å²) in [6.45, 7) is 5.01. The monoisotopic (exact) mass is 332 g/mol. The van der Waals surface area contributed by atoms with Gasteiger partial charge in [-0.1, -0.05) is 13.8 Å². The summed E-state index contributed by atoms with van der Waals surface area (Å²) in [6.07, 6.45) is -0.800. The molecular weight excluding hydrogens is 316 g/mol. The molecular formula is C16H16F4O3. The van der Waals surface area contributed by atoms with Gasteiger partial charge in [0.15, 0.2) is 23.3 Å². The number of rotatable bonds is 4. The number of carbonyl (C=O) groups excluding carboxylic acids is 1. The third-order valence-corrected chi connectivity index (χ3v) is 5.10. The molecule has 1 aliphatic rings. The lowest BCUT2D eigenvalue weighted by Crippen LogP contribution is -2.27. The number of carboxylic acids is 1. The molecule has 0 heterocycles. The van der Waals surface area contributed by atoms with E-state index < -0.39 is 69.3 Å². The van der Waals surface area contributed by atoms with E-state index in [4.69, 9.17) is 0 Å². The van der Waals surface area contributed by atoms with Crippen molar-refractivity contribution in [3.8, 4) is 0 Å². The Hall–Kier alpha value is -1.92. The van der Waals surface area contributed by atoms with Crippen molar-refractivity contribution in [3.05, 3.63) is 34.4 Å². The van der Waals surface area contributed by atoms with Crippen LogP contribution >= 0.6 is 0 Å². The summed E-state index contributed by atoms with van der Waals surface area (Å²) < 4.78 is 55.5. The Kier molecular flexibility index (Phi) is 3.82. The van der Waals surface area contributed by atoms with Gasteiger partial charge in [-0.05, 0) is 25.7 Å². The highest BCUT2D eigenvalue weighted by molar-refractivity contribution is 5.95. The third kappa shape index (κ3) is 2.09. The van der Waals surface area contributed by atoms with Crippen molar-refractivity contribution in [2.24, 2.45) is 16.7 Å². The highest BCUT2D eigenvalue weighted by atomic mass is 19.2. The zero-order valence-corrected chi connectivity index (χ0v) is 13.1. The molecule has 2 rings (SSSR count). The fraction of sp³-hybridized carbons (Fsp3) is 0.500. The quantitative estimate of drug-likeness (QED) is 0.679. The summed E-state index contributed by atoms with van der Waals surface area (Å²) in [5.74, 6) is -9.22. The number of hydrogen-bond acceptors (Lipinski definition) is 2. The second-order valence-electron chi connectivity index (χ2n) is 6.58. The van der Waals surface area contributed by atoms with Crippen LogP contribution in [0.5, 0.6) is 0 Å². The molecule has 0 aliphatic heterocycles. The lowest BCUT2D eigenvalue weighted by atomic mass is 9.87. The summed E-state index contributed by atoms with van der Waals surface area (Å²) >= 11 is 0. The van der Waals surface area contributed by atoms with Gasteiger partial charge in [-0.2, -0.15) is 0 Å². The number of hydrogen-bond donors (Lipinski definition) is 1. The molecule has 0 amide bonds. The van der Waals surface area contributed by atoms with Crippen molar-refractivity contribution < 1.29 is 32.3 Å². The second kappa shape index (κ2) is 5.04. The molecule has 3 nitrogen and oxygen atoms in total. The maximum atomic E-state index is 14.0. The summed E-state index contributed by atoms with van der Waals surface area (Å²) in [4.78, 5) is 23.4. The van der Waals surface area contributed by atoms with Crippen LogP contribution in [0.25, 0.3) is 0 Å². The molecule has 0 spiro atoms. The predicted molar refractivity (Wildman–Crippen MR) is 72.7 cm³/mol. The maximum Gasteiger partial charge on any atom is 0.311 e. The molecule has 2 unspecified atom stereocenters. The van der Waals surface area contributed by atoms with E-state index in [-0.39, 0.29) is 0 Å². The fourth-order valence-electron chi connectivity index (χ4n) is 3.73. The molecule has 23 heavy (non-hydrogen) atoms. The maximum absolute atomic E-state index is 14.0. The van der Waals surface area contributed by atoms with Crippen molar-refractivity contribution in [2.45, 2.75) is 34.1 Å². The van der Waals surface area contributed by atoms with E-state index in [9.17, 15) is 32.3 Å². The lowest BCUT2D eigenvalue weighted by Gasteiger charge is -2.17. The number of benzene rings is 1. The van der Waals surface area contributed by atoms with Gasteiger partial charge < -0.3 is 5.11 Å². The van der Waals surface area contributed by atoms with Gasteiger partial charge in [0, 0.05) is 17.0 Å². The van der Waals surface area contributed by atoms with Crippen LogP contribution in [-0.2, 0) is 16.0 Å². The molecule has 126 valence electrons. The molecule has 0 saturated heterocycles. The average molecular weight is 332 g/mol. The summed E-state index contributed by atoms with van der Waals surface area (Å²) in [7, 11) is 0. The molecule has 1 saturated carbocycles. The Morgan fingerprint density at radius 1 is 1.04 bits per heavy atom. The average Bonchev–Trinajstić information content (AvgIpc) is 2.96. The second-order valence-corrected chi connectivity index (χ2v) is 6.58. The van der Waals surface area contributed by atoms with Crippen LogP contribution in [0.4, 0.5) is 17.6 Å². The molecule has 0 aromatic heterocycles. The van der Waals surface area contributed by atoms with Crippen LogP contribution < -0.4 is 0 Å². The number of halogens is 4. The van der Waals surface area contributed by atoms with Gasteiger partial charge in [0.25, 0.3) is 0 Å². The van der Waals surface area contributed by atoms with Crippen LogP contribution in [0.3, 0.4) is 0 Å². The Morgan fingerprint density at radius 2 is 1.48 bits per heavy atom. The van der Waals surface area contributed by atoms with Crippen LogP contribution in [0, 0.1) is 46.9 Å². The van der Waals surface area contributed by atoms with Crippen LogP contribution in [0.15, 0.2) is 0 Å². The predicted octanol–water partition coefficient (Wildman–Crippen LogP) is 3.41. The minimum absolute atomic E-state index is 0.453. The molecule has 1 aliphatic carbocycles. The SMILES string of the molecule is CC(=O)C1C(C)(C)C1(Cc1c(F)c(F)c(C)c(F)c1F)C(=O)O. The number of aliphatic carboxylic acids is 1. The minimum atomic E-state index is -1.80.